The van der Waals surface area contributed by atoms with E-state index in [2.05, 4.69) is 60.2 Å². The van der Waals surface area contributed by atoms with Crippen LogP contribution in [0.15, 0.2) is 34.8 Å². The van der Waals surface area contributed by atoms with Crippen LogP contribution in [0.1, 0.15) is 31.7 Å². The largest absolute Gasteiger partial charge is 0.309 e. The van der Waals surface area contributed by atoms with Crippen molar-refractivity contribution in [3.05, 3.63) is 44.7 Å². The molecule has 0 bridgehead atoms. The molecule has 0 aliphatic heterocycles. The molecule has 2 aromatic rings. The predicted octanol–water partition coefficient (Wildman–Crippen LogP) is 6.14. The van der Waals surface area contributed by atoms with Crippen molar-refractivity contribution in [1.82, 2.24) is 5.32 Å². The third-order valence-corrected chi connectivity index (χ3v) is 5.68. The van der Waals surface area contributed by atoms with Crippen molar-refractivity contribution in [2.45, 2.75) is 26.8 Å². The van der Waals surface area contributed by atoms with Crippen LogP contribution >= 0.6 is 38.9 Å². The van der Waals surface area contributed by atoms with Crippen molar-refractivity contribution in [2.75, 3.05) is 6.54 Å². The van der Waals surface area contributed by atoms with Gasteiger partial charge in [-0.1, -0.05) is 38.4 Å². The zero-order chi connectivity index (χ0) is 14.7. The molecule has 1 nitrogen and oxygen atoms in total. The van der Waals surface area contributed by atoms with Crippen LogP contribution < -0.4 is 5.32 Å². The van der Waals surface area contributed by atoms with Gasteiger partial charge in [0.15, 0.2) is 0 Å². The molecule has 1 N–H and O–H groups in total. The predicted molar refractivity (Wildman–Crippen MR) is 93.7 cm³/mol. The number of rotatable bonds is 5. The fraction of sp³-hybridized carbons (Fsp3) is 0.375. The average Bonchev–Trinajstić information content (AvgIpc) is 2.88. The van der Waals surface area contributed by atoms with Crippen molar-refractivity contribution in [1.29, 1.82) is 0 Å². The van der Waals surface area contributed by atoms with Crippen LogP contribution in [0.4, 0.5) is 0 Å². The van der Waals surface area contributed by atoms with E-state index < -0.39 is 0 Å². The van der Waals surface area contributed by atoms with E-state index >= 15 is 0 Å². The molecule has 1 aromatic heterocycles. The highest BCUT2D eigenvalue weighted by atomic mass is 79.9. The van der Waals surface area contributed by atoms with Gasteiger partial charge in [-0.2, -0.15) is 0 Å². The van der Waals surface area contributed by atoms with E-state index in [1.54, 1.807) is 0 Å². The molecule has 0 amide bonds. The first-order chi connectivity index (χ1) is 9.52. The molecule has 0 spiro atoms. The quantitative estimate of drug-likeness (QED) is 0.665. The number of halogens is 2. The summed E-state index contributed by atoms with van der Waals surface area (Å²) in [6, 6.07) is 10.9. The lowest BCUT2D eigenvalue weighted by atomic mass is 10.0. The van der Waals surface area contributed by atoms with Crippen LogP contribution in [0.25, 0.3) is 10.4 Å². The number of thiophene rings is 1. The van der Waals surface area contributed by atoms with Crippen LogP contribution in [-0.2, 0) is 0 Å². The van der Waals surface area contributed by atoms with E-state index in [4.69, 9.17) is 11.6 Å². The Hall–Kier alpha value is -0.350. The summed E-state index contributed by atoms with van der Waals surface area (Å²) in [4.78, 5) is 2.65. The molecular formula is C16H19BrClNS. The molecule has 0 aliphatic rings. The topological polar surface area (TPSA) is 12.0 Å². The van der Waals surface area contributed by atoms with Gasteiger partial charge in [0.05, 0.1) is 5.02 Å². The second-order valence-electron chi connectivity index (χ2n) is 5.11. The molecule has 1 unspecified atom stereocenters. The second kappa shape index (κ2) is 7.08. The first-order valence-corrected chi connectivity index (χ1v) is 8.80. The van der Waals surface area contributed by atoms with Crippen molar-refractivity contribution in [3.8, 4) is 10.4 Å². The smallest absolute Gasteiger partial charge is 0.0554 e. The summed E-state index contributed by atoms with van der Waals surface area (Å²) in [5.74, 6) is 0.579. The van der Waals surface area contributed by atoms with E-state index in [1.807, 2.05) is 23.5 Å². The minimum Gasteiger partial charge on any atom is -0.309 e. The maximum Gasteiger partial charge on any atom is 0.0554 e. The molecule has 0 fully saturated rings. The lowest BCUT2D eigenvalue weighted by Gasteiger charge is -2.20. The monoisotopic (exact) mass is 371 g/mol. The fourth-order valence-corrected chi connectivity index (χ4v) is 3.89. The van der Waals surface area contributed by atoms with Gasteiger partial charge in [0.2, 0.25) is 0 Å². The number of nitrogens with one attached hydrogen (secondary N) is 1. The molecule has 20 heavy (non-hydrogen) atoms. The van der Waals surface area contributed by atoms with Gasteiger partial charge in [-0.3, -0.25) is 0 Å². The Labute approximate surface area is 138 Å². The van der Waals surface area contributed by atoms with E-state index in [0.717, 1.165) is 16.0 Å². The molecule has 0 saturated carbocycles. The molecule has 1 aromatic carbocycles. The Kier molecular flexibility index (Phi) is 5.67. The molecule has 108 valence electrons. The summed E-state index contributed by atoms with van der Waals surface area (Å²) in [6.45, 7) is 7.64. The van der Waals surface area contributed by atoms with E-state index in [0.29, 0.717) is 12.0 Å². The maximum atomic E-state index is 6.18. The zero-order valence-corrected chi connectivity index (χ0v) is 15.1. The summed E-state index contributed by atoms with van der Waals surface area (Å²) in [5, 5.41) is 4.31. The summed E-state index contributed by atoms with van der Waals surface area (Å²) in [6.07, 6.45) is 0. The molecule has 0 radical (unpaired) electrons. The first kappa shape index (κ1) is 16.0. The number of benzene rings is 1. The minimum atomic E-state index is 0.421. The molecule has 0 saturated heterocycles. The Bertz CT molecular complexity index is 580. The van der Waals surface area contributed by atoms with Crippen LogP contribution in [0.5, 0.6) is 0 Å². The van der Waals surface area contributed by atoms with Crippen LogP contribution in [-0.4, -0.2) is 6.54 Å². The highest BCUT2D eigenvalue weighted by Gasteiger charge is 2.17. The van der Waals surface area contributed by atoms with Crippen molar-refractivity contribution >= 4 is 38.9 Å². The van der Waals surface area contributed by atoms with Crippen molar-refractivity contribution in [2.24, 2.45) is 5.92 Å². The summed E-state index contributed by atoms with van der Waals surface area (Å²) >= 11 is 11.5. The Morgan fingerprint density at radius 3 is 2.60 bits per heavy atom. The number of hydrogen-bond donors (Lipinski definition) is 1. The van der Waals surface area contributed by atoms with E-state index in [-0.39, 0.29) is 0 Å². The van der Waals surface area contributed by atoms with Gasteiger partial charge < -0.3 is 5.32 Å². The Balaban J connectivity index is 2.29. The molecule has 4 heteroatoms. The average molecular weight is 373 g/mol. The lowest BCUT2D eigenvalue weighted by molar-refractivity contribution is 0.428. The van der Waals surface area contributed by atoms with Gasteiger partial charge in [-0.15, -0.1) is 11.3 Å². The highest BCUT2D eigenvalue weighted by Crippen LogP contribution is 2.36. The maximum absolute atomic E-state index is 6.18. The van der Waals surface area contributed by atoms with Gasteiger partial charge in [-0.25, -0.2) is 0 Å². The summed E-state index contributed by atoms with van der Waals surface area (Å²) in [7, 11) is 0. The van der Waals surface area contributed by atoms with Crippen LogP contribution in [0.3, 0.4) is 0 Å². The Morgan fingerprint density at radius 1 is 1.25 bits per heavy atom. The Morgan fingerprint density at radius 2 is 2.00 bits per heavy atom. The highest BCUT2D eigenvalue weighted by molar-refractivity contribution is 9.10. The second-order valence-corrected chi connectivity index (χ2v) is 7.49. The standard InChI is InChI=1S/C16H19BrClNS/c1-4-19-16(10(2)3)15-8-7-14(20-15)11-5-6-12(17)13(18)9-11/h5-10,16,19H,4H2,1-3H3. The van der Waals surface area contributed by atoms with Crippen LogP contribution in [0, 0.1) is 5.92 Å². The molecule has 1 heterocycles. The summed E-state index contributed by atoms with van der Waals surface area (Å²) in [5.41, 5.74) is 1.17. The third-order valence-electron chi connectivity index (χ3n) is 3.23. The van der Waals surface area contributed by atoms with Crippen LogP contribution in [0.2, 0.25) is 5.02 Å². The van der Waals surface area contributed by atoms with Gasteiger partial charge in [0.1, 0.15) is 0 Å². The van der Waals surface area contributed by atoms with Crippen molar-refractivity contribution < 1.29 is 0 Å². The first-order valence-electron chi connectivity index (χ1n) is 6.81. The molecular weight excluding hydrogens is 354 g/mol. The molecule has 0 aliphatic carbocycles. The minimum absolute atomic E-state index is 0.421. The molecule has 2 rings (SSSR count). The zero-order valence-electron chi connectivity index (χ0n) is 11.9. The normalized spacial score (nSPS) is 12.9. The lowest BCUT2D eigenvalue weighted by Crippen LogP contribution is -2.24. The van der Waals surface area contributed by atoms with E-state index in [1.165, 1.54) is 15.3 Å². The third kappa shape index (κ3) is 3.64. The SMILES string of the molecule is CCNC(c1ccc(-c2ccc(Br)c(Cl)c2)s1)C(C)C. The number of hydrogen-bond acceptors (Lipinski definition) is 2. The summed E-state index contributed by atoms with van der Waals surface area (Å²) < 4.78 is 0.937. The molecule has 1 atom stereocenters. The van der Waals surface area contributed by atoms with Gasteiger partial charge in [0.25, 0.3) is 0 Å². The van der Waals surface area contributed by atoms with Gasteiger partial charge in [-0.05, 0) is 58.2 Å². The van der Waals surface area contributed by atoms with Gasteiger partial charge >= 0.3 is 0 Å². The fourth-order valence-electron chi connectivity index (χ4n) is 2.21. The van der Waals surface area contributed by atoms with Crippen molar-refractivity contribution in [3.63, 3.8) is 0 Å². The van der Waals surface area contributed by atoms with Gasteiger partial charge in [0, 0.05) is 20.3 Å². The van der Waals surface area contributed by atoms with E-state index in [9.17, 15) is 0 Å².